The molecule has 0 bridgehead atoms. The SMILES string of the molecule is c1ccc(-c2ccc3ccc(-c4nc(-c5cc6ccccc6c6ccccc56)nc(-c5cccc6oc7ccccc7c56)n4)cc3c2)cc1. The Bertz CT molecular complexity index is 2890. The van der Waals surface area contributed by atoms with E-state index in [-0.39, 0.29) is 0 Å². The van der Waals surface area contributed by atoms with Crippen LogP contribution in [0.4, 0.5) is 0 Å². The molecule has 0 aliphatic rings. The number of fused-ring (bicyclic) bond motifs is 7. The van der Waals surface area contributed by atoms with Gasteiger partial charge in [0.05, 0.1) is 0 Å². The Labute approximate surface area is 282 Å². The van der Waals surface area contributed by atoms with Crippen molar-refractivity contribution in [2.45, 2.75) is 0 Å². The maximum absolute atomic E-state index is 6.27. The smallest absolute Gasteiger partial charge is 0.164 e. The van der Waals surface area contributed by atoms with E-state index in [9.17, 15) is 0 Å². The summed E-state index contributed by atoms with van der Waals surface area (Å²) in [5.74, 6) is 1.85. The molecular weight excluding hydrogens is 599 g/mol. The summed E-state index contributed by atoms with van der Waals surface area (Å²) in [5.41, 5.74) is 6.80. The van der Waals surface area contributed by atoms with Crippen LogP contribution in [-0.2, 0) is 0 Å². The highest BCUT2D eigenvalue weighted by Crippen LogP contribution is 2.39. The predicted molar refractivity (Wildman–Crippen MR) is 201 cm³/mol. The Morgan fingerprint density at radius 1 is 0.327 bits per heavy atom. The topological polar surface area (TPSA) is 51.8 Å². The van der Waals surface area contributed by atoms with E-state index in [0.717, 1.165) is 60.2 Å². The Morgan fingerprint density at radius 3 is 1.82 bits per heavy atom. The van der Waals surface area contributed by atoms with Gasteiger partial charge in [-0.05, 0) is 73.8 Å². The van der Waals surface area contributed by atoms with E-state index in [1.807, 2.05) is 36.4 Å². The third-order valence-corrected chi connectivity index (χ3v) is 9.49. The van der Waals surface area contributed by atoms with Crippen LogP contribution in [0.15, 0.2) is 168 Å². The van der Waals surface area contributed by atoms with Gasteiger partial charge in [0.2, 0.25) is 0 Å². The lowest BCUT2D eigenvalue weighted by molar-refractivity contribution is 0.669. The molecule has 8 aromatic carbocycles. The minimum Gasteiger partial charge on any atom is -0.456 e. The normalized spacial score (nSPS) is 11.7. The molecule has 4 nitrogen and oxygen atoms in total. The minimum absolute atomic E-state index is 0.604. The average molecular weight is 626 g/mol. The number of rotatable bonds is 4. The molecule has 0 spiro atoms. The highest BCUT2D eigenvalue weighted by Gasteiger charge is 2.19. The average Bonchev–Trinajstić information content (AvgIpc) is 3.56. The van der Waals surface area contributed by atoms with Crippen molar-refractivity contribution in [3.8, 4) is 45.3 Å². The van der Waals surface area contributed by atoms with Crippen molar-refractivity contribution in [2.24, 2.45) is 0 Å². The molecule has 0 aliphatic carbocycles. The lowest BCUT2D eigenvalue weighted by Gasteiger charge is -2.13. The van der Waals surface area contributed by atoms with E-state index >= 15 is 0 Å². The zero-order valence-corrected chi connectivity index (χ0v) is 26.3. The molecule has 0 unspecified atom stereocenters. The Hall–Kier alpha value is -6.65. The predicted octanol–water partition coefficient (Wildman–Crippen LogP) is 11.9. The van der Waals surface area contributed by atoms with Crippen molar-refractivity contribution >= 4 is 54.3 Å². The summed E-state index contributed by atoms with van der Waals surface area (Å²) in [5, 5.41) is 8.93. The van der Waals surface area contributed by atoms with E-state index in [2.05, 4.69) is 127 Å². The molecule has 49 heavy (non-hydrogen) atoms. The standard InChI is InChI=1S/C45H27N3O/c1-2-11-28(12-3-1)30-23-21-29-22-24-32(26-33(29)25-30)43-46-44(38-18-10-20-41-42(38)37-17-8-9-19-40(37)49-41)48-45(47-43)39-27-31-13-4-5-14-34(31)35-15-6-7-16-36(35)39/h1-27H. The molecular formula is C45H27N3O. The Balaban J connectivity index is 1.25. The minimum atomic E-state index is 0.604. The van der Waals surface area contributed by atoms with Crippen LogP contribution in [0.1, 0.15) is 0 Å². The molecule has 10 aromatic rings. The third-order valence-electron chi connectivity index (χ3n) is 9.49. The Morgan fingerprint density at radius 2 is 0.959 bits per heavy atom. The van der Waals surface area contributed by atoms with Gasteiger partial charge in [0.1, 0.15) is 11.2 Å². The molecule has 10 rings (SSSR count). The largest absolute Gasteiger partial charge is 0.456 e. The number of nitrogens with zero attached hydrogens (tertiary/aromatic N) is 3. The highest BCUT2D eigenvalue weighted by atomic mass is 16.3. The fourth-order valence-electron chi connectivity index (χ4n) is 7.14. The van der Waals surface area contributed by atoms with Gasteiger partial charge in [-0.25, -0.2) is 15.0 Å². The summed E-state index contributed by atoms with van der Waals surface area (Å²) in [6.07, 6.45) is 0. The van der Waals surface area contributed by atoms with Crippen LogP contribution >= 0.6 is 0 Å². The van der Waals surface area contributed by atoms with Crippen LogP contribution in [0, 0.1) is 0 Å². The van der Waals surface area contributed by atoms with Crippen molar-refractivity contribution < 1.29 is 4.42 Å². The fourth-order valence-corrected chi connectivity index (χ4v) is 7.14. The molecule has 2 aromatic heterocycles. The number of aromatic nitrogens is 3. The molecule has 0 saturated heterocycles. The molecule has 228 valence electrons. The van der Waals surface area contributed by atoms with Gasteiger partial charge in [0.15, 0.2) is 17.5 Å². The molecule has 0 atom stereocenters. The summed E-state index contributed by atoms with van der Waals surface area (Å²) >= 11 is 0. The maximum atomic E-state index is 6.27. The van der Waals surface area contributed by atoms with E-state index in [4.69, 9.17) is 19.4 Å². The highest BCUT2D eigenvalue weighted by molar-refractivity contribution is 6.14. The van der Waals surface area contributed by atoms with Gasteiger partial charge in [-0.3, -0.25) is 0 Å². The zero-order valence-electron chi connectivity index (χ0n) is 26.3. The second-order valence-corrected chi connectivity index (χ2v) is 12.4. The zero-order chi connectivity index (χ0) is 32.3. The maximum Gasteiger partial charge on any atom is 0.164 e. The van der Waals surface area contributed by atoms with Crippen molar-refractivity contribution in [2.75, 3.05) is 0 Å². The first-order valence-electron chi connectivity index (χ1n) is 16.4. The molecule has 2 heterocycles. The van der Waals surface area contributed by atoms with Gasteiger partial charge in [-0.15, -0.1) is 0 Å². The van der Waals surface area contributed by atoms with E-state index in [1.165, 1.54) is 21.9 Å². The van der Waals surface area contributed by atoms with E-state index < -0.39 is 0 Å². The van der Waals surface area contributed by atoms with E-state index in [1.54, 1.807) is 0 Å². The van der Waals surface area contributed by atoms with Gasteiger partial charge in [-0.2, -0.15) is 0 Å². The number of furan rings is 1. The first-order chi connectivity index (χ1) is 24.3. The molecule has 0 fully saturated rings. The first-order valence-corrected chi connectivity index (χ1v) is 16.4. The number of para-hydroxylation sites is 1. The van der Waals surface area contributed by atoms with Crippen LogP contribution in [0.3, 0.4) is 0 Å². The molecule has 0 radical (unpaired) electrons. The lowest BCUT2D eigenvalue weighted by atomic mass is 9.96. The summed E-state index contributed by atoms with van der Waals surface area (Å²) in [7, 11) is 0. The first kappa shape index (κ1) is 27.5. The second kappa shape index (κ2) is 11.0. The number of benzene rings is 8. The summed E-state index contributed by atoms with van der Waals surface area (Å²) in [6.45, 7) is 0. The van der Waals surface area contributed by atoms with Crippen LogP contribution in [0.2, 0.25) is 0 Å². The molecule has 0 saturated carbocycles. The Kier molecular flexibility index (Phi) is 6.15. The summed E-state index contributed by atoms with van der Waals surface area (Å²) < 4.78 is 6.27. The molecule has 0 aliphatic heterocycles. The van der Waals surface area contributed by atoms with Gasteiger partial charge in [0.25, 0.3) is 0 Å². The van der Waals surface area contributed by atoms with Crippen LogP contribution in [0.25, 0.3) is 99.5 Å². The van der Waals surface area contributed by atoms with Crippen LogP contribution in [0.5, 0.6) is 0 Å². The van der Waals surface area contributed by atoms with Crippen molar-refractivity contribution in [1.82, 2.24) is 15.0 Å². The van der Waals surface area contributed by atoms with Crippen molar-refractivity contribution in [3.63, 3.8) is 0 Å². The fraction of sp³-hybridized carbons (Fsp3) is 0. The van der Waals surface area contributed by atoms with Crippen LogP contribution < -0.4 is 0 Å². The van der Waals surface area contributed by atoms with E-state index in [0.29, 0.717) is 17.5 Å². The van der Waals surface area contributed by atoms with Gasteiger partial charge in [0, 0.05) is 27.5 Å². The molecule has 0 N–H and O–H groups in total. The number of hydrogen-bond acceptors (Lipinski definition) is 4. The molecule has 4 heteroatoms. The quantitative estimate of drug-likeness (QED) is 0.183. The van der Waals surface area contributed by atoms with Crippen molar-refractivity contribution in [3.05, 3.63) is 164 Å². The molecule has 0 amide bonds. The second-order valence-electron chi connectivity index (χ2n) is 12.4. The van der Waals surface area contributed by atoms with Crippen molar-refractivity contribution in [1.29, 1.82) is 0 Å². The number of hydrogen-bond donors (Lipinski definition) is 0. The van der Waals surface area contributed by atoms with Gasteiger partial charge < -0.3 is 4.42 Å². The van der Waals surface area contributed by atoms with Gasteiger partial charge >= 0.3 is 0 Å². The monoisotopic (exact) mass is 625 g/mol. The van der Waals surface area contributed by atoms with Gasteiger partial charge in [-0.1, -0.05) is 133 Å². The summed E-state index contributed by atoms with van der Waals surface area (Å²) in [6, 6.07) is 57.0. The lowest BCUT2D eigenvalue weighted by Crippen LogP contribution is -2.01. The summed E-state index contributed by atoms with van der Waals surface area (Å²) in [4.78, 5) is 15.7. The van der Waals surface area contributed by atoms with Crippen LogP contribution in [-0.4, -0.2) is 15.0 Å². The third kappa shape index (κ3) is 4.57.